The number of carbonyl (C=O) groups is 1. The van der Waals surface area contributed by atoms with Crippen molar-refractivity contribution < 1.29 is 15.0 Å². The summed E-state index contributed by atoms with van der Waals surface area (Å²) in [6.45, 7) is 12.6. The number of benzene rings is 2. The number of hydrogen-bond donors (Lipinski definition) is 3. The van der Waals surface area contributed by atoms with E-state index in [9.17, 15) is 15.0 Å². The molecule has 0 saturated carbocycles. The lowest BCUT2D eigenvalue weighted by atomic mass is 9.93. The summed E-state index contributed by atoms with van der Waals surface area (Å²) < 4.78 is 0. The Balaban J connectivity index is 1.17. The van der Waals surface area contributed by atoms with Gasteiger partial charge in [0, 0.05) is 72.7 Å². The fraction of sp³-hybridized carbons (Fsp3) is 0.605. The van der Waals surface area contributed by atoms with E-state index in [0.29, 0.717) is 24.6 Å². The maximum atomic E-state index is 14.2. The first-order chi connectivity index (χ1) is 25.0. The molecule has 2 aromatic carbocycles. The topological polar surface area (TPSA) is 82.5 Å². The number of phenols is 2. The Labute approximate surface area is 306 Å². The Morgan fingerprint density at radius 1 is 0.471 bits per heavy atom. The van der Waals surface area contributed by atoms with E-state index >= 15 is 0 Å². The van der Waals surface area contributed by atoms with Gasteiger partial charge >= 0.3 is 0 Å². The highest BCUT2D eigenvalue weighted by Crippen LogP contribution is 2.33. The number of nitrogens with one attached hydrogen (secondary N) is 1. The Morgan fingerprint density at radius 3 is 1.02 bits per heavy atom. The molecular weight excluding hydrogens is 635 g/mol. The predicted molar refractivity (Wildman–Crippen MR) is 207 cm³/mol. The molecule has 5 aliphatic heterocycles. The van der Waals surface area contributed by atoms with Gasteiger partial charge in [-0.3, -0.25) is 24.4 Å². The van der Waals surface area contributed by atoms with Gasteiger partial charge in [0.05, 0.1) is 0 Å². The SMILES string of the molecule is O=C1C(=Cc2cc(CN3CCCCC3)c(O)c(CN3CCCCC3)c2)CNCC1=Cc1cc(CN2CCCCC2)c(O)c(CN2CCCCC2)c1. The highest BCUT2D eigenvalue weighted by molar-refractivity contribution is 6.14. The van der Waals surface area contributed by atoms with E-state index in [0.717, 1.165) is 123 Å². The van der Waals surface area contributed by atoms with Crippen molar-refractivity contribution in [2.75, 3.05) is 65.4 Å². The molecule has 0 aromatic heterocycles. The second-order valence-electron chi connectivity index (χ2n) is 16.0. The molecule has 5 aliphatic rings. The normalized spacial score (nSPS) is 23.7. The van der Waals surface area contributed by atoms with E-state index < -0.39 is 0 Å². The van der Waals surface area contributed by atoms with Crippen LogP contribution in [-0.4, -0.2) is 101 Å². The minimum Gasteiger partial charge on any atom is -0.507 e. The Morgan fingerprint density at radius 2 is 0.745 bits per heavy atom. The van der Waals surface area contributed by atoms with E-state index in [1.807, 2.05) is 0 Å². The van der Waals surface area contributed by atoms with Crippen LogP contribution < -0.4 is 5.32 Å². The molecule has 0 unspecified atom stereocenters. The smallest absolute Gasteiger partial charge is 0.187 e. The molecule has 51 heavy (non-hydrogen) atoms. The number of aromatic hydroxyl groups is 2. The number of phenolic OH excluding ortho intramolecular Hbond substituents is 2. The monoisotopic (exact) mass is 695 g/mol. The Kier molecular flexibility index (Phi) is 12.6. The van der Waals surface area contributed by atoms with Crippen LogP contribution in [0.4, 0.5) is 0 Å². The van der Waals surface area contributed by atoms with E-state index in [-0.39, 0.29) is 5.78 Å². The minimum atomic E-state index is 0.0835. The van der Waals surface area contributed by atoms with Gasteiger partial charge in [0.2, 0.25) is 0 Å². The first-order valence-corrected chi connectivity index (χ1v) is 20.2. The van der Waals surface area contributed by atoms with Crippen LogP contribution in [-0.2, 0) is 31.0 Å². The largest absolute Gasteiger partial charge is 0.507 e. The molecule has 5 fully saturated rings. The minimum absolute atomic E-state index is 0.0835. The van der Waals surface area contributed by atoms with Crippen LogP contribution in [0.25, 0.3) is 12.2 Å². The van der Waals surface area contributed by atoms with Gasteiger partial charge in [-0.05, 0) is 151 Å². The third-order valence-corrected chi connectivity index (χ3v) is 11.8. The molecule has 2 aromatic rings. The van der Waals surface area contributed by atoms with Gasteiger partial charge in [-0.15, -0.1) is 0 Å². The van der Waals surface area contributed by atoms with Crippen LogP contribution in [0, 0.1) is 0 Å². The van der Waals surface area contributed by atoms with Crippen molar-refractivity contribution in [2.45, 2.75) is 103 Å². The van der Waals surface area contributed by atoms with Crippen molar-refractivity contribution in [3.05, 3.63) is 68.8 Å². The molecule has 8 nitrogen and oxygen atoms in total. The molecule has 0 bridgehead atoms. The maximum absolute atomic E-state index is 14.2. The highest BCUT2D eigenvalue weighted by atomic mass is 16.3. The van der Waals surface area contributed by atoms with Crippen LogP contribution >= 0.6 is 0 Å². The van der Waals surface area contributed by atoms with Crippen molar-refractivity contribution >= 4 is 17.9 Å². The fourth-order valence-electron chi connectivity index (χ4n) is 8.99. The number of nitrogens with zero attached hydrogens (tertiary/aromatic N) is 4. The van der Waals surface area contributed by atoms with Crippen molar-refractivity contribution in [1.82, 2.24) is 24.9 Å². The lowest BCUT2D eigenvalue weighted by Gasteiger charge is -2.29. The zero-order chi connectivity index (χ0) is 35.0. The second kappa shape index (κ2) is 17.7. The van der Waals surface area contributed by atoms with Gasteiger partial charge in [0.1, 0.15) is 11.5 Å². The van der Waals surface area contributed by atoms with Gasteiger partial charge < -0.3 is 15.5 Å². The lowest BCUT2D eigenvalue weighted by Crippen LogP contribution is -2.33. The van der Waals surface area contributed by atoms with Crippen LogP contribution in [0.5, 0.6) is 11.5 Å². The molecule has 0 radical (unpaired) electrons. The standard InChI is InChI=1S/C43H61N5O3/c49-41-35(21-33-23-37(29-45-13-5-1-6-14-45)42(50)38(24-33)30-46-15-7-2-8-16-46)27-44-28-36(41)22-34-25-39(31-47-17-9-3-10-18-47)43(51)40(26-34)32-48-19-11-4-12-20-48/h21-26,44,50-51H,1-20,27-32H2. The average Bonchev–Trinajstić information content (AvgIpc) is 3.15. The van der Waals surface area contributed by atoms with Gasteiger partial charge in [-0.2, -0.15) is 0 Å². The van der Waals surface area contributed by atoms with Gasteiger partial charge in [-0.1, -0.05) is 25.7 Å². The number of hydrogen-bond acceptors (Lipinski definition) is 8. The summed E-state index contributed by atoms with van der Waals surface area (Å²) >= 11 is 0. The third-order valence-electron chi connectivity index (χ3n) is 11.8. The van der Waals surface area contributed by atoms with Gasteiger partial charge in [0.15, 0.2) is 5.78 Å². The number of likely N-dealkylation sites (tertiary alicyclic amines) is 4. The highest BCUT2D eigenvalue weighted by Gasteiger charge is 2.24. The molecule has 5 heterocycles. The molecule has 5 saturated heterocycles. The summed E-state index contributed by atoms with van der Waals surface area (Å²) in [4.78, 5) is 24.0. The van der Waals surface area contributed by atoms with Gasteiger partial charge in [-0.25, -0.2) is 0 Å². The van der Waals surface area contributed by atoms with Crippen molar-refractivity contribution in [3.8, 4) is 11.5 Å². The fourth-order valence-corrected chi connectivity index (χ4v) is 8.99. The van der Waals surface area contributed by atoms with Crippen LogP contribution in [0.1, 0.15) is 110 Å². The lowest BCUT2D eigenvalue weighted by molar-refractivity contribution is -0.112. The van der Waals surface area contributed by atoms with Crippen LogP contribution in [0.15, 0.2) is 35.4 Å². The summed E-state index contributed by atoms with van der Waals surface area (Å²) in [5.41, 5.74) is 7.38. The zero-order valence-corrected chi connectivity index (χ0v) is 30.9. The third kappa shape index (κ3) is 9.71. The van der Waals surface area contributed by atoms with Gasteiger partial charge in [0.25, 0.3) is 0 Å². The number of carbonyl (C=O) groups excluding carboxylic acids is 1. The first kappa shape index (κ1) is 36.4. The molecule has 3 N–H and O–H groups in total. The van der Waals surface area contributed by atoms with Crippen molar-refractivity contribution in [3.63, 3.8) is 0 Å². The van der Waals surface area contributed by atoms with E-state index in [2.05, 4.69) is 61.3 Å². The summed E-state index contributed by atoms with van der Waals surface area (Å²) in [6.07, 6.45) is 18.9. The molecule has 0 amide bonds. The van der Waals surface area contributed by atoms with Crippen molar-refractivity contribution in [1.29, 1.82) is 0 Å². The molecule has 8 heteroatoms. The summed E-state index contributed by atoms with van der Waals surface area (Å²) in [7, 11) is 0. The second-order valence-corrected chi connectivity index (χ2v) is 16.0. The molecule has 0 atom stereocenters. The Hall–Kier alpha value is -3.01. The zero-order valence-electron chi connectivity index (χ0n) is 30.9. The number of rotatable bonds is 10. The number of Topliss-reactive ketones (excluding diaryl/α,β-unsaturated/α-hetero) is 1. The number of piperidine rings is 5. The molecule has 276 valence electrons. The summed E-state index contributed by atoms with van der Waals surface area (Å²) in [6, 6.07) is 8.45. The summed E-state index contributed by atoms with van der Waals surface area (Å²) in [5, 5.41) is 26.6. The Bertz CT molecular complexity index is 1360. The predicted octanol–water partition coefficient (Wildman–Crippen LogP) is 6.68. The van der Waals surface area contributed by atoms with Crippen molar-refractivity contribution in [2.24, 2.45) is 0 Å². The van der Waals surface area contributed by atoms with E-state index in [4.69, 9.17) is 0 Å². The average molecular weight is 696 g/mol. The van der Waals surface area contributed by atoms with E-state index in [1.54, 1.807) is 0 Å². The first-order valence-electron chi connectivity index (χ1n) is 20.2. The van der Waals surface area contributed by atoms with Crippen LogP contribution in [0.3, 0.4) is 0 Å². The van der Waals surface area contributed by atoms with E-state index in [1.165, 1.54) is 77.0 Å². The number of ketones is 1. The molecule has 0 aliphatic carbocycles. The maximum Gasteiger partial charge on any atom is 0.187 e. The molecule has 7 rings (SSSR count). The van der Waals surface area contributed by atoms with Crippen LogP contribution in [0.2, 0.25) is 0 Å². The molecular formula is C43H61N5O3. The molecule has 0 spiro atoms. The summed E-state index contributed by atoms with van der Waals surface area (Å²) in [5.74, 6) is 0.935. The quantitative estimate of drug-likeness (QED) is 0.238.